The van der Waals surface area contributed by atoms with Crippen molar-refractivity contribution in [3.05, 3.63) is 60.5 Å². The molecule has 1 aromatic heterocycles. The number of allylic oxidation sites excluding steroid dienone is 3. The van der Waals surface area contributed by atoms with Crippen molar-refractivity contribution in [1.29, 1.82) is 0 Å². The number of pyridine rings is 1. The summed E-state index contributed by atoms with van der Waals surface area (Å²) in [6, 6.07) is 12.0. The topological polar surface area (TPSA) is 51.2 Å². The van der Waals surface area contributed by atoms with Crippen molar-refractivity contribution in [3.8, 4) is 5.88 Å². The first-order chi connectivity index (χ1) is 14.6. The number of halogens is 1. The third-order valence-electron chi connectivity index (χ3n) is 4.60. The second-order valence-electron chi connectivity index (χ2n) is 7.79. The minimum absolute atomic E-state index is 0.305. The lowest BCUT2D eigenvalue weighted by atomic mass is 10.1. The van der Waals surface area contributed by atoms with Crippen LogP contribution in [0.15, 0.2) is 60.5 Å². The standard InChI is InChI=1S/C25H33FN2O2/c1-20(2)19-27-25(29)22(26)14-9-7-5-3-4-6-8-12-18-30-24-17-16-21-13-10-11-15-23(21)28-24/h7,9-11,13-17,20H,3-6,8,12,18-19H2,1-2H3,(H,27,29)/b9-7+,22-14+. The predicted molar refractivity (Wildman–Crippen MR) is 121 cm³/mol. The minimum atomic E-state index is -0.743. The lowest BCUT2D eigenvalue weighted by Gasteiger charge is -2.06. The number of para-hydroxylation sites is 1. The van der Waals surface area contributed by atoms with Crippen molar-refractivity contribution in [1.82, 2.24) is 10.3 Å². The van der Waals surface area contributed by atoms with Gasteiger partial charge in [-0.1, -0.05) is 63.5 Å². The molecule has 0 saturated carbocycles. The van der Waals surface area contributed by atoms with Crippen LogP contribution in [0.1, 0.15) is 52.4 Å². The van der Waals surface area contributed by atoms with Gasteiger partial charge in [-0.2, -0.15) is 0 Å². The highest BCUT2D eigenvalue weighted by Gasteiger charge is 2.07. The van der Waals surface area contributed by atoms with Crippen LogP contribution in [0.4, 0.5) is 4.39 Å². The Morgan fingerprint density at radius 1 is 1.10 bits per heavy atom. The Morgan fingerprint density at radius 2 is 1.87 bits per heavy atom. The molecule has 5 heteroatoms. The van der Waals surface area contributed by atoms with E-state index in [0.29, 0.717) is 24.9 Å². The van der Waals surface area contributed by atoms with Gasteiger partial charge in [0.1, 0.15) is 0 Å². The van der Waals surface area contributed by atoms with E-state index in [1.165, 1.54) is 6.08 Å². The Kier molecular flexibility index (Phi) is 10.6. The van der Waals surface area contributed by atoms with Gasteiger partial charge in [0.2, 0.25) is 5.88 Å². The van der Waals surface area contributed by atoms with E-state index >= 15 is 0 Å². The first kappa shape index (κ1) is 23.6. The first-order valence-corrected chi connectivity index (χ1v) is 10.9. The summed E-state index contributed by atoms with van der Waals surface area (Å²) < 4.78 is 19.3. The molecule has 0 fully saturated rings. The van der Waals surface area contributed by atoms with Crippen molar-refractivity contribution in [2.24, 2.45) is 5.92 Å². The number of unbranched alkanes of at least 4 members (excludes halogenated alkanes) is 5. The van der Waals surface area contributed by atoms with Gasteiger partial charge in [-0.15, -0.1) is 0 Å². The average molecular weight is 413 g/mol. The third-order valence-corrected chi connectivity index (χ3v) is 4.60. The molecule has 0 aliphatic rings. The molecule has 0 radical (unpaired) electrons. The molecular weight excluding hydrogens is 379 g/mol. The van der Waals surface area contributed by atoms with Gasteiger partial charge in [0.05, 0.1) is 12.1 Å². The quantitative estimate of drug-likeness (QED) is 0.244. The fourth-order valence-corrected chi connectivity index (χ4v) is 2.90. The first-order valence-electron chi connectivity index (χ1n) is 10.9. The van der Waals surface area contributed by atoms with Crippen molar-refractivity contribution >= 4 is 16.8 Å². The molecule has 4 nitrogen and oxygen atoms in total. The van der Waals surface area contributed by atoms with Gasteiger partial charge in [-0.3, -0.25) is 4.79 Å². The molecule has 0 saturated heterocycles. The third kappa shape index (κ3) is 9.21. The molecule has 1 aromatic carbocycles. The van der Waals surface area contributed by atoms with Crippen LogP contribution >= 0.6 is 0 Å². The fourth-order valence-electron chi connectivity index (χ4n) is 2.90. The summed E-state index contributed by atoms with van der Waals surface area (Å²) in [7, 11) is 0. The SMILES string of the molecule is CC(C)CNC(=O)/C(F)=C\C=C\CCCCCCCOc1ccc2ccccc2n1. The molecule has 0 aliphatic heterocycles. The summed E-state index contributed by atoms with van der Waals surface area (Å²) in [5, 5.41) is 3.67. The maximum Gasteiger partial charge on any atom is 0.280 e. The smallest absolute Gasteiger partial charge is 0.280 e. The van der Waals surface area contributed by atoms with Gasteiger partial charge < -0.3 is 10.1 Å². The molecule has 2 rings (SSSR count). The number of fused-ring (bicyclic) bond motifs is 1. The Morgan fingerprint density at radius 3 is 2.70 bits per heavy atom. The van der Waals surface area contributed by atoms with Crippen LogP contribution in [0.25, 0.3) is 10.9 Å². The minimum Gasteiger partial charge on any atom is -0.478 e. The van der Waals surface area contributed by atoms with E-state index in [0.717, 1.165) is 49.4 Å². The van der Waals surface area contributed by atoms with E-state index < -0.39 is 11.7 Å². The summed E-state index contributed by atoms with van der Waals surface area (Å²) in [6.45, 7) is 5.09. The number of ether oxygens (including phenoxy) is 1. The number of benzene rings is 1. The molecule has 0 atom stereocenters. The van der Waals surface area contributed by atoms with Crippen LogP contribution in [0, 0.1) is 5.92 Å². The maximum atomic E-state index is 13.6. The molecular formula is C25H33FN2O2. The number of nitrogens with zero attached hydrogens (tertiary/aromatic N) is 1. The summed E-state index contributed by atoms with van der Waals surface area (Å²) >= 11 is 0. The molecule has 0 spiro atoms. The molecule has 1 heterocycles. The number of hydrogen-bond donors (Lipinski definition) is 1. The zero-order chi connectivity index (χ0) is 21.6. The molecule has 0 bridgehead atoms. The van der Waals surface area contributed by atoms with E-state index in [1.807, 2.05) is 56.3 Å². The number of carbonyl (C=O) groups excluding carboxylic acids is 1. The zero-order valence-electron chi connectivity index (χ0n) is 18.1. The second kappa shape index (κ2) is 13.5. The van der Waals surface area contributed by atoms with Gasteiger partial charge in [0, 0.05) is 18.0 Å². The molecule has 1 amide bonds. The zero-order valence-corrected chi connectivity index (χ0v) is 18.1. The Hall–Kier alpha value is -2.69. The maximum absolute atomic E-state index is 13.6. The van der Waals surface area contributed by atoms with Gasteiger partial charge >= 0.3 is 0 Å². The Balaban J connectivity index is 1.50. The predicted octanol–water partition coefficient (Wildman–Crippen LogP) is 6.14. The Bertz CT molecular complexity index is 846. The summed E-state index contributed by atoms with van der Waals surface area (Å²) in [4.78, 5) is 16.0. The van der Waals surface area contributed by atoms with Crippen LogP contribution in [0.5, 0.6) is 5.88 Å². The summed E-state index contributed by atoms with van der Waals surface area (Å²) in [5.74, 6) is -0.404. The molecule has 1 N–H and O–H groups in total. The van der Waals surface area contributed by atoms with Gasteiger partial charge in [-0.25, -0.2) is 9.37 Å². The molecule has 0 unspecified atom stereocenters. The lowest BCUT2D eigenvalue weighted by molar-refractivity contribution is -0.119. The van der Waals surface area contributed by atoms with Crippen LogP contribution in [0.2, 0.25) is 0 Å². The number of nitrogens with one attached hydrogen (secondary N) is 1. The second-order valence-corrected chi connectivity index (χ2v) is 7.79. The van der Waals surface area contributed by atoms with E-state index in [9.17, 15) is 9.18 Å². The van der Waals surface area contributed by atoms with Gasteiger partial charge in [-0.05, 0) is 43.4 Å². The van der Waals surface area contributed by atoms with Crippen molar-refractivity contribution in [2.75, 3.05) is 13.2 Å². The highest BCUT2D eigenvalue weighted by molar-refractivity contribution is 5.91. The van der Waals surface area contributed by atoms with Crippen molar-refractivity contribution < 1.29 is 13.9 Å². The number of aromatic nitrogens is 1. The summed E-state index contributed by atoms with van der Waals surface area (Å²) in [6.07, 6.45) is 11.1. The van der Waals surface area contributed by atoms with Gasteiger partial charge in [0.15, 0.2) is 5.83 Å². The average Bonchev–Trinajstić information content (AvgIpc) is 2.75. The van der Waals surface area contributed by atoms with Crippen molar-refractivity contribution in [2.45, 2.75) is 52.4 Å². The Labute approximate surface area is 179 Å². The van der Waals surface area contributed by atoms with E-state index in [4.69, 9.17) is 4.74 Å². The summed E-state index contributed by atoms with van der Waals surface area (Å²) in [5.41, 5.74) is 0.953. The van der Waals surface area contributed by atoms with E-state index in [1.54, 1.807) is 6.08 Å². The van der Waals surface area contributed by atoms with Crippen LogP contribution in [0.3, 0.4) is 0 Å². The molecule has 2 aromatic rings. The molecule has 162 valence electrons. The lowest BCUT2D eigenvalue weighted by Crippen LogP contribution is -2.27. The van der Waals surface area contributed by atoms with Crippen LogP contribution in [-0.2, 0) is 4.79 Å². The van der Waals surface area contributed by atoms with Gasteiger partial charge in [0.25, 0.3) is 5.91 Å². The monoisotopic (exact) mass is 412 g/mol. The van der Waals surface area contributed by atoms with Crippen LogP contribution < -0.4 is 10.1 Å². The number of amides is 1. The highest BCUT2D eigenvalue weighted by Crippen LogP contribution is 2.16. The largest absolute Gasteiger partial charge is 0.478 e. The van der Waals surface area contributed by atoms with Crippen LogP contribution in [-0.4, -0.2) is 24.0 Å². The highest BCUT2D eigenvalue weighted by atomic mass is 19.1. The number of hydrogen-bond acceptors (Lipinski definition) is 3. The number of carbonyl (C=O) groups is 1. The van der Waals surface area contributed by atoms with E-state index in [2.05, 4.69) is 10.3 Å². The van der Waals surface area contributed by atoms with Crippen molar-refractivity contribution in [3.63, 3.8) is 0 Å². The number of rotatable bonds is 13. The molecule has 30 heavy (non-hydrogen) atoms. The normalized spacial score (nSPS) is 12.1. The fraction of sp³-hybridized carbons (Fsp3) is 0.440. The van der Waals surface area contributed by atoms with E-state index in [-0.39, 0.29) is 0 Å². The molecule has 0 aliphatic carbocycles.